The van der Waals surface area contributed by atoms with E-state index in [1.807, 2.05) is 24.3 Å². The number of aliphatic hydroxyl groups excluding tert-OH is 1. The second-order valence-corrected chi connectivity index (χ2v) is 20.7. The first-order valence-electron chi connectivity index (χ1n) is 15.8. The Labute approximate surface area is 267 Å². The van der Waals surface area contributed by atoms with Gasteiger partial charge in [0.1, 0.15) is 5.75 Å². The van der Waals surface area contributed by atoms with Gasteiger partial charge in [-0.3, -0.25) is 0 Å². The Bertz CT molecular complexity index is 1260. The molecule has 7 nitrogen and oxygen atoms in total. The largest absolute Gasteiger partial charge is 0.497 e. The van der Waals surface area contributed by atoms with E-state index in [0.717, 1.165) is 30.6 Å². The minimum Gasteiger partial charge on any atom is -0.497 e. The van der Waals surface area contributed by atoms with Crippen LogP contribution in [0.15, 0.2) is 71.6 Å². The summed E-state index contributed by atoms with van der Waals surface area (Å²) in [6, 6.07) is 16.1. The second kappa shape index (κ2) is 16.5. The van der Waals surface area contributed by atoms with Crippen LogP contribution in [0.2, 0.25) is 18.1 Å². The average Bonchev–Trinajstić information content (AvgIpc) is 2.97. The van der Waals surface area contributed by atoms with Crippen molar-refractivity contribution in [1.82, 2.24) is 0 Å². The van der Waals surface area contributed by atoms with Gasteiger partial charge >= 0.3 is 0 Å². The molecule has 0 aliphatic carbocycles. The highest BCUT2D eigenvalue weighted by Crippen LogP contribution is 2.37. The third kappa shape index (κ3) is 11.1. The number of ether oxygens (including phenoxy) is 3. The Morgan fingerprint density at radius 1 is 1.05 bits per heavy atom. The lowest BCUT2D eigenvalue weighted by molar-refractivity contribution is -0.0158. The summed E-state index contributed by atoms with van der Waals surface area (Å²) >= 11 is 0. The summed E-state index contributed by atoms with van der Waals surface area (Å²) in [7, 11) is -3.86. The number of methoxy groups -OCH3 is 1. The minimum atomic E-state index is -3.66. The molecule has 1 N–H and O–H groups in total. The number of aliphatic hydroxyl groups is 1. The van der Waals surface area contributed by atoms with Crippen LogP contribution in [0.5, 0.6) is 5.75 Å². The summed E-state index contributed by atoms with van der Waals surface area (Å²) in [5.41, 5.74) is 0.950. The standard InChI is InChI=1S/C35H54O7SSi/c1-27(22-32-13-11-12-31(42-32)20-21-41-44(6,7)35(2,3)4)23-34(43(37,38)33-14-9-8-10-15-33)24-29(36)26-40-25-28-16-18-30(39-5)19-17-28/h8-12,14-19,27,29,31-32,34,36H,13,20-26H2,1-7H3/t27-,29+,31+,32+,34?/m1/s1. The number of hydrogen-bond acceptors (Lipinski definition) is 7. The molecule has 0 saturated heterocycles. The van der Waals surface area contributed by atoms with E-state index in [1.165, 1.54) is 0 Å². The summed E-state index contributed by atoms with van der Waals surface area (Å²) in [6.45, 7) is 14.4. The molecule has 0 saturated carbocycles. The van der Waals surface area contributed by atoms with Crippen molar-refractivity contribution < 1.29 is 32.2 Å². The van der Waals surface area contributed by atoms with E-state index in [-0.39, 0.29) is 41.1 Å². The molecule has 0 amide bonds. The highest BCUT2D eigenvalue weighted by atomic mass is 32.2. The zero-order valence-corrected chi connectivity index (χ0v) is 29.5. The van der Waals surface area contributed by atoms with Gasteiger partial charge < -0.3 is 23.7 Å². The predicted molar refractivity (Wildman–Crippen MR) is 179 cm³/mol. The van der Waals surface area contributed by atoms with Crippen molar-refractivity contribution in [2.24, 2.45) is 5.92 Å². The highest BCUT2D eigenvalue weighted by Gasteiger charge is 2.37. The van der Waals surface area contributed by atoms with Crippen molar-refractivity contribution in [3.63, 3.8) is 0 Å². The van der Waals surface area contributed by atoms with Crippen LogP contribution in [-0.2, 0) is 30.3 Å². The molecule has 5 atom stereocenters. The van der Waals surface area contributed by atoms with Crippen LogP contribution in [0.1, 0.15) is 65.4 Å². The molecular formula is C35H54O7SSi. The van der Waals surface area contributed by atoms with Gasteiger partial charge in [-0.15, -0.1) is 0 Å². The maximum atomic E-state index is 13.8. The lowest BCUT2D eigenvalue weighted by Gasteiger charge is -2.37. The van der Waals surface area contributed by atoms with Crippen molar-refractivity contribution in [2.75, 3.05) is 20.3 Å². The van der Waals surface area contributed by atoms with Crippen LogP contribution in [0.25, 0.3) is 0 Å². The lowest BCUT2D eigenvalue weighted by atomic mass is 9.93. The summed E-state index contributed by atoms with van der Waals surface area (Å²) in [4.78, 5) is 0.280. The fraction of sp³-hybridized carbons (Fsp3) is 0.600. The summed E-state index contributed by atoms with van der Waals surface area (Å²) in [6.07, 6.45) is 6.30. The Morgan fingerprint density at radius 2 is 1.73 bits per heavy atom. The maximum absolute atomic E-state index is 13.8. The molecule has 0 radical (unpaired) electrons. The topological polar surface area (TPSA) is 91.3 Å². The SMILES string of the molecule is COc1ccc(COC[C@@H](O)CC(C[C@H](C)C[C@@H]2CC=C[C@@H](CCO[Si](C)(C)C(C)(C)C)O2)S(=O)(=O)c2ccccc2)cc1. The van der Waals surface area contributed by atoms with E-state index in [1.54, 1.807) is 37.4 Å². The smallest absolute Gasteiger partial charge is 0.191 e. The molecule has 1 unspecified atom stereocenters. The minimum absolute atomic E-state index is 0.000704. The Kier molecular flexibility index (Phi) is 13.7. The number of sulfone groups is 1. The van der Waals surface area contributed by atoms with Crippen molar-refractivity contribution in [2.45, 2.75) is 113 Å². The summed E-state index contributed by atoms with van der Waals surface area (Å²) < 4.78 is 51.3. The Hall–Kier alpha value is -2.01. The van der Waals surface area contributed by atoms with Gasteiger partial charge in [0.2, 0.25) is 0 Å². The van der Waals surface area contributed by atoms with E-state index in [4.69, 9.17) is 18.6 Å². The molecule has 0 spiro atoms. The van der Waals surface area contributed by atoms with Crippen LogP contribution < -0.4 is 4.74 Å². The maximum Gasteiger partial charge on any atom is 0.191 e. The molecule has 0 bridgehead atoms. The van der Waals surface area contributed by atoms with Gasteiger partial charge in [0, 0.05) is 6.61 Å². The first-order chi connectivity index (χ1) is 20.7. The predicted octanol–water partition coefficient (Wildman–Crippen LogP) is 7.35. The molecular weight excluding hydrogens is 593 g/mol. The fourth-order valence-electron chi connectivity index (χ4n) is 5.25. The van der Waals surface area contributed by atoms with Gasteiger partial charge in [-0.25, -0.2) is 8.42 Å². The van der Waals surface area contributed by atoms with Gasteiger partial charge in [0.25, 0.3) is 0 Å². The summed E-state index contributed by atoms with van der Waals surface area (Å²) in [5, 5.41) is 10.3. The lowest BCUT2D eigenvalue weighted by Crippen LogP contribution is -2.41. The quantitative estimate of drug-likeness (QED) is 0.142. The van der Waals surface area contributed by atoms with Gasteiger partial charge in [0.05, 0.1) is 48.8 Å². The number of benzene rings is 2. The highest BCUT2D eigenvalue weighted by molar-refractivity contribution is 7.92. The first kappa shape index (κ1) is 36.5. The van der Waals surface area contributed by atoms with Crippen molar-refractivity contribution >= 4 is 18.2 Å². The zero-order chi connectivity index (χ0) is 32.4. The van der Waals surface area contributed by atoms with Gasteiger partial charge in [-0.1, -0.05) is 70.2 Å². The Morgan fingerprint density at radius 3 is 2.36 bits per heavy atom. The second-order valence-electron chi connectivity index (χ2n) is 13.7. The number of rotatable bonds is 17. The van der Waals surface area contributed by atoms with Crippen LogP contribution >= 0.6 is 0 Å². The van der Waals surface area contributed by atoms with Crippen LogP contribution in [0, 0.1) is 5.92 Å². The zero-order valence-electron chi connectivity index (χ0n) is 27.7. The fourth-order valence-corrected chi connectivity index (χ4v) is 8.29. The van der Waals surface area contributed by atoms with E-state index >= 15 is 0 Å². The van der Waals surface area contributed by atoms with Gasteiger partial charge in [0.15, 0.2) is 18.2 Å². The van der Waals surface area contributed by atoms with Crippen molar-refractivity contribution in [3.8, 4) is 5.75 Å². The molecule has 44 heavy (non-hydrogen) atoms. The molecule has 2 aromatic carbocycles. The molecule has 3 rings (SSSR count). The normalized spacial score (nSPS) is 19.8. The molecule has 1 aliphatic heterocycles. The van der Waals surface area contributed by atoms with E-state index in [9.17, 15) is 13.5 Å². The number of hydrogen-bond donors (Lipinski definition) is 1. The third-order valence-corrected chi connectivity index (χ3v) is 15.6. The Balaban J connectivity index is 1.57. The van der Waals surface area contributed by atoms with Crippen molar-refractivity contribution in [3.05, 3.63) is 72.3 Å². The van der Waals surface area contributed by atoms with Crippen LogP contribution in [0.4, 0.5) is 0 Å². The monoisotopic (exact) mass is 646 g/mol. The molecule has 0 fully saturated rings. The van der Waals surface area contributed by atoms with E-state index in [2.05, 4.69) is 52.9 Å². The molecule has 2 aromatic rings. The van der Waals surface area contributed by atoms with Crippen LogP contribution in [-0.4, -0.2) is 65.7 Å². The summed E-state index contributed by atoms with van der Waals surface area (Å²) in [5.74, 6) is 0.837. The third-order valence-electron chi connectivity index (χ3n) is 8.90. The molecule has 9 heteroatoms. The van der Waals surface area contributed by atoms with Crippen LogP contribution in [0.3, 0.4) is 0 Å². The van der Waals surface area contributed by atoms with Gasteiger partial charge in [-0.05, 0) is 86.0 Å². The molecule has 246 valence electrons. The van der Waals surface area contributed by atoms with E-state index < -0.39 is 29.5 Å². The van der Waals surface area contributed by atoms with Crippen molar-refractivity contribution in [1.29, 1.82) is 0 Å². The molecule has 1 aliphatic rings. The molecule has 0 aromatic heterocycles. The van der Waals surface area contributed by atoms with Gasteiger partial charge in [-0.2, -0.15) is 0 Å². The van der Waals surface area contributed by atoms with E-state index in [0.29, 0.717) is 19.6 Å². The average molecular weight is 647 g/mol. The first-order valence-corrected chi connectivity index (χ1v) is 20.3. The molecule has 1 heterocycles.